The molecule has 0 saturated carbocycles. The Morgan fingerprint density at radius 3 is 2.92 bits per heavy atom. The van der Waals surface area contributed by atoms with Crippen molar-refractivity contribution in [3.8, 4) is 0 Å². The molecule has 0 spiro atoms. The van der Waals surface area contributed by atoms with Crippen LogP contribution in [0.5, 0.6) is 0 Å². The monoisotopic (exact) mass is 361 g/mol. The lowest BCUT2D eigenvalue weighted by atomic mass is 10.2. The van der Waals surface area contributed by atoms with E-state index in [0.29, 0.717) is 35.8 Å². The SMILES string of the molecule is CCOC(=O)c1ccc2nc(NC(=O)C3CCCN3C(C)=O)sc2c1. The van der Waals surface area contributed by atoms with Crippen molar-refractivity contribution in [3.05, 3.63) is 23.8 Å². The van der Waals surface area contributed by atoms with Crippen LogP contribution in [0.25, 0.3) is 10.2 Å². The number of aromatic nitrogens is 1. The number of nitrogens with zero attached hydrogens (tertiary/aromatic N) is 2. The molecule has 2 heterocycles. The molecule has 1 unspecified atom stereocenters. The number of benzene rings is 1. The molecule has 25 heavy (non-hydrogen) atoms. The molecule has 1 aliphatic rings. The van der Waals surface area contributed by atoms with Crippen LogP contribution >= 0.6 is 11.3 Å². The van der Waals surface area contributed by atoms with Crippen molar-refractivity contribution in [3.63, 3.8) is 0 Å². The van der Waals surface area contributed by atoms with Crippen molar-refractivity contribution in [2.45, 2.75) is 32.7 Å². The minimum Gasteiger partial charge on any atom is -0.462 e. The number of amides is 2. The molecular weight excluding hydrogens is 342 g/mol. The molecule has 1 atom stereocenters. The maximum atomic E-state index is 12.5. The summed E-state index contributed by atoms with van der Waals surface area (Å²) in [5.41, 5.74) is 1.15. The van der Waals surface area contributed by atoms with Crippen LogP contribution < -0.4 is 5.32 Å². The molecule has 2 aromatic rings. The van der Waals surface area contributed by atoms with Gasteiger partial charge in [-0.15, -0.1) is 0 Å². The number of nitrogens with one attached hydrogen (secondary N) is 1. The molecule has 3 rings (SSSR count). The highest BCUT2D eigenvalue weighted by Gasteiger charge is 2.32. The van der Waals surface area contributed by atoms with E-state index in [1.54, 1.807) is 30.0 Å². The van der Waals surface area contributed by atoms with Crippen LogP contribution in [0.3, 0.4) is 0 Å². The summed E-state index contributed by atoms with van der Waals surface area (Å²) < 4.78 is 5.78. The van der Waals surface area contributed by atoms with E-state index in [1.807, 2.05) is 0 Å². The third-order valence-corrected chi connectivity index (χ3v) is 5.02. The Kier molecular flexibility index (Phi) is 4.98. The zero-order valence-electron chi connectivity index (χ0n) is 14.1. The van der Waals surface area contributed by atoms with Gasteiger partial charge in [0.25, 0.3) is 0 Å². The molecule has 1 aliphatic heterocycles. The topological polar surface area (TPSA) is 88.6 Å². The lowest BCUT2D eigenvalue weighted by Gasteiger charge is -2.21. The highest BCUT2D eigenvalue weighted by Crippen LogP contribution is 2.28. The average molecular weight is 361 g/mol. The Morgan fingerprint density at radius 2 is 2.20 bits per heavy atom. The highest BCUT2D eigenvalue weighted by molar-refractivity contribution is 7.22. The number of anilines is 1. The molecule has 1 saturated heterocycles. The van der Waals surface area contributed by atoms with E-state index in [1.165, 1.54) is 18.3 Å². The lowest BCUT2D eigenvalue weighted by Crippen LogP contribution is -2.42. The smallest absolute Gasteiger partial charge is 0.338 e. The summed E-state index contributed by atoms with van der Waals surface area (Å²) in [4.78, 5) is 41.8. The predicted molar refractivity (Wildman–Crippen MR) is 94.6 cm³/mol. The molecule has 1 aromatic heterocycles. The number of esters is 1. The third-order valence-electron chi connectivity index (χ3n) is 4.09. The first-order valence-corrected chi connectivity index (χ1v) is 8.97. The molecule has 1 fully saturated rings. The Hall–Kier alpha value is -2.48. The van der Waals surface area contributed by atoms with Crippen molar-refractivity contribution in [1.82, 2.24) is 9.88 Å². The normalized spacial score (nSPS) is 16.9. The van der Waals surface area contributed by atoms with Gasteiger partial charge in [0.1, 0.15) is 6.04 Å². The zero-order chi connectivity index (χ0) is 18.0. The van der Waals surface area contributed by atoms with Crippen LogP contribution in [0.2, 0.25) is 0 Å². The number of hydrogen-bond acceptors (Lipinski definition) is 6. The number of hydrogen-bond donors (Lipinski definition) is 1. The largest absolute Gasteiger partial charge is 0.462 e. The molecule has 0 bridgehead atoms. The van der Waals surface area contributed by atoms with Crippen LogP contribution in [-0.4, -0.2) is 46.9 Å². The van der Waals surface area contributed by atoms with Crippen LogP contribution in [-0.2, 0) is 14.3 Å². The Bertz CT molecular complexity index is 832. The van der Waals surface area contributed by atoms with Gasteiger partial charge in [-0.3, -0.25) is 9.59 Å². The van der Waals surface area contributed by atoms with Crippen molar-refractivity contribution in [1.29, 1.82) is 0 Å². The van der Waals surface area contributed by atoms with Gasteiger partial charge in [0.15, 0.2) is 5.13 Å². The number of thiazole rings is 1. The number of likely N-dealkylation sites (tertiary alicyclic amines) is 1. The molecular formula is C17H19N3O4S. The molecule has 7 nitrogen and oxygen atoms in total. The maximum Gasteiger partial charge on any atom is 0.338 e. The van der Waals surface area contributed by atoms with Gasteiger partial charge in [0, 0.05) is 13.5 Å². The number of fused-ring (bicyclic) bond motifs is 1. The quantitative estimate of drug-likeness (QED) is 0.845. The second kappa shape index (κ2) is 7.18. The van der Waals surface area contributed by atoms with E-state index in [-0.39, 0.29) is 17.8 Å². The third kappa shape index (κ3) is 3.63. The summed E-state index contributed by atoms with van der Waals surface area (Å²) in [6.07, 6.45) is 1.48. The van der Waals surface area contributed by atoms with Gasteiger partial charge in [-0.25, -0.2) is 9.78 Å². The van der Waals surface area contributed by atoms with E-state index < -0.39 is 6.04 Å². The van der Waals surface area contributed by atoms with Crippen molar-refractivity contribution in [2.75, 3.05) is 18.5 Å². The fourth-order valence-electron chi connectivity index (χ4n) is 2.92. The summed E-state index contributed by atoms with van der Waals surface area (Å²) >= 11 is 1.29. The number of carbonyl (C=O) groups is 3. The fraction of sp³-hybridized carbons (Fsp3) is 0.412. The first-order valence-electron chi connectivity index (χ1n) is 8.15. The van der Waals surface area contributed by atoms with Crippen LogP contribution in [0.15, 0.2) is 18.2 Å². The van der Waals surface area contributed by atoms with Gasteiger partial charge in [0.2, 0.25) is 11.8 Å². The molecule has 0 radical (unpaired) electrons. The number of rotatable bonds is 4. The van der Waals surface area contributed by atoms with E-state index in [0.717, 1.165) is 11.1 Å². The Labute approximate surface area is 149 Å². The number of carbonyl (C=O) groups excluding carboxylic acids is 3. The van der Waals surface area contributed by atoms with E-state index >= 15 is 0 Å². The highest BCUT2D eigenvalue weighted by atomic mass is 32.1. The Balaban J connectivity index is 1.76. The van der Waals surface area contributed by atoms with E-state index in [4.69, 9.17) is 4.74 Å². The summed E-state index contributed by atoms with van der Waals surface area (Å²) in [7, 11) is 0. The average Bonchev–Trinajstić information content (AvgIpc) is 3.20. The second-order valence-electron chi connectivity index (χ2n) is 5.78. The predicted octanol–water partition coefficient (Wildman–Crippen LogP) is 2.42. The van der Waals surface area contributed by atoms with Gasteiger partial charge in [-0.1, -0.05) is 11.3 Å². The molecule has 2 amide bonds. The standard InChI is InChI=1S/C17H19N3O4S/c1-3-24-16(23)11-6-7-12-14(9-11)25-17(18-12)19-15(22)13-5-4-8-20(13)10(2)21/h6-7,9,13H,3-5,8H2,1-2H3,(H,18,19,22). The van der Waals surface area contributed by atoms with Crippen LogP contribution in [0.4, 0.5) is 5.13 Å². The van der Waals surface area contributed by atoms with Gasteiger partial charge in [-0.2, -0.15) is 0 Å². The first kappa shape index (κ1) is 17.3. The molecule has 132 valence electrons. The summed E-state index contributed by atoms with van der Waals surface area (Å²) in [6, 6.07) is 4.64. The van der Waals surface area contributed by atoms with E-state index in [9.17, 15) is 14.4 Å². The van der Waals surface area contributed by atoms with Crippen molar-refractivity contribution >= 4 is 44.5 Å². The Morgan fingerprint density at radius 1 is 1.40 bits per heavy atom. The van der Waals surface area contributed by atoms with Gasteiger partial charge >= 0.3 is 5.97 Å². The minimum atomic E-state index is -0.445. The molecule has 0 aliphatic carbocycles. The van der Waals surface area contributed by atoms with Crippen LogP contribution in [0, 0.1) is 0 Å². The van der Waals surface area contributed by atoms with Crippen LogP contribution in [0.1, 0.15) is 37.0 Å². The zero-order valence-corrected chi connectivity index (χ0v) is 14.9. The molecule has 8 heteroatoms. The number of ether oxygens (including phenoxy) is 1. The van der Waals surface area contributed by atoms with Gasteiger partial charge in [-0.05, 0) is 38.0 Å². The lowest BCUT2D eigenvalue weighted by molar-refractivity contribution is -0.134. The van der Waals surface area contributed by atoms with Gasteiger partial charge < -0.3 is 15.0 Å². The maximum absolute atomic E-state index is 12.5. The summed E-state index contributed by atoms with van der Waals surface area (Å²) in [5.74, 6) is -0.704. The van der Waals surface area contributed by atoms with Gasteiger partial charge in [0.05, 0.1) is 22.4 Å². The molecule has 1 aromatic carbocycles. The summed E-state index contributed by atoms with van der Waals surface area (Å²) in [6.45, 7) is 4.15. The second-order valence-corrected chi connectivity index (χ2v) is 6.81. The van der Waals surface area contributed by atoms with E-state index in [2.05, 4.69) is 10.3 Å². The van der Waals surface area contributed by atoms with Crippen molar-refractivity contribution in [2.24, 2.45) is 0 Å². The van der Waals surface area contributed by atoms with Crippen molar-refractivity contribution < 1.29 is 19.1 Å². The fourth-order valence-corrected chi connectivity index (χ4v) is 3.83. The molecule has 1 N–H and O–H groups in total. The summed E-state index contributed by atoms with van der Waals surface area (Å²) in [5, 5.41) is 3.25. The first-order chi connectivity index (χ1) is 12.0. The minimum absolute atomic E-state index is 0.0963.